The molecule has 0 radical (unpaired) electrons. The number of carbonyl (C=O) groups is 1. The Kier molecular flexibility index (Phi) is 4.53. The van der Waals surface area contributed by atoms with Gasteiger partial charge in [-0.1, -0.05) is 61.0 Å². The summed E-state index contributed by atoms with van der Waals surface area (Å²) in [5, 5.41) is 4.17. The van der Waals surface area contributed by atoms with Crippen molar-refractivity contribution in [2.24, 2.45) is 0 Å². The van der Waals surface area contributed by atoms with Crippen molar-refractivity contribution in [3.8, 4) is 0 Å². The van der Waals surface area contributed by atoms with Gasteiger partial charge in [0.1, 0.15) is 0 Å². The van der Waals surface area contributed by atoms with Gasteiger partial charge >= 0.3 is 0 Å². The van der Waals surface area contributed by atoms with Gasteiger partial charge in [-0.25, -0.2) is 0 Å². The smallest absolute Gasteiger partial charge is 0.244 e. The summed E-state index contributed by atoms with van der Waals surface area (Å²) in [5.74, 6) is -0.0554. The van der Waals surface area contributed by atoms with Gasteiger partial charge in [0.05, 0.1) is 5.52 Å². The minimum absolute atomic E-state index is 0.0554. The van der Waals surface area contributed by atoms with Crippen molar-refractivity contribution in [1.82, 2.24) is 10.3 Å². The van der Waals surface area contributed by atoms with E-state index >= 15 is 0 Å². The lowest BCUT2D eigenvalue weighted by molar-refractivity contribution is -0.116. The van der Waals surface area contributed by atoms with Crippen LogP contribution in [0.25, 0.3) is 17.0 Å². The van der Waals surface area contributed by atoms with Gasteiger partial charge in [-0.2, -0.15) is 0 Å². The highest BCUT2D eigenvalue weighted by molar-refractivity contribution is 5.95. The highest BCUT2D eigenvalue weighted by atomic mass is 16.1. The number of fused-ring (bicyclic) bond motifs is 1. The van der Waals surface area contributed by atoms with Crippen molar-refractivity contribution in [3.63, 3.8) is 0 Å². The first-order valence-electron chi connectivity index (χ1n) is 9.12. The Hall–Kier alpha value is -2.94. The molecular formula is C23H22N2O. The number of hydrogen-bond acceptors (Lipinski definition) is 2. The molecule has 4 rings (SSSR count). The van der Waals surface area contributed by atoms with Crippen molar-refractivity contribution in [3.05, 3.63) is 84.1 Å². The van der Waals surface area contributed by atoms with Crippen molar-refractivity contribution < 1.29 is 4.79 Å². The molecule has 0 unspecified atom stereocenters. The summed E-state index contributed by atoms with van der Waals surface area (Å²) in [6.45, 7) is 0.688. The minimum atomic E-state index is -0.0554. The number of para-hydroxylation sites is 1. The second-order valence-electron chi connectivity index (χ2n) is 6.97. The number of aromatic nitrogens is 1. The highest BCUT2D eigenvalue weighted by Gasteiger charge is 2.38. The number of hydrogen-bond donors (Lipinski definition) is 1. The highest BCUT2D eigenvalue weighted by Crippen LogP contribution is 2.43. The standard InChI is InChI=1S/C23H22N2O/c26-21(13-12-19-8-4-7-18-9-5-16-24-22(18)19)25-17-23(14-6-15-23)20-10-2-1-3-11-20/h1-5,7-13,16H,6,14-15,17H2,(H,25,26)/b13-12+. The molecular weight excluding hydrogens is 320 g/mol. The SMILES string of the molecule is O=C(/C=C/c1cccc2cccnc12)NCC1(c2ccccc2)CCC1. The second-order valence-corrected chi connectivity index (χ2v) is 6.97. The van der Waals surface area contributed by atoms with Crippen LogP contribution < -0.4 is 5.32 Å². The van der Waals surface area contributed by atoms with E-state index in [1.54, 1.807) is 12.3 Å². The number of amides is 1. The molecule has 3 heteroatoms. The van der Waals surface area contributed by atoms with Crippen LogP contribution in [0.2, 0.25) is 0 Å². The van der Waals surface area contributed by atoms with Crippen molar-refractivity contribution >= 4 is 22.9 Å². The van der Waals surface area contributed by atoms with E-state index in [1.807, 2.05) is 42.5 Å². The summed E-state index contributed by atoms with van der Waals surface area (Å²) in [5.41, 5.74) is 3.30. The molecule has 3 aromatic rings. The Morgan fingerprint density at radius 3 is 2.62 bits per heavy atom. The van der Waals surface area contributed by atoms with Gasteiger partial charge in [0.2, 0.25) is 5.91 Å². The maximum atomic E-state index is 12.4. The molecule has 26 heavy (non-hydrogen) atoms. The summed E-state index contributed by atoms with van der Waals surface area (Å²) >= 11 is 0. The van der Waals surface area contributed by atoms with Gasteiger partial charge < -0.3 is 5.32 Å². The molecule has 0 atom stereocenters. The predicted molar refractivity (Wildman–Crippen MR) is 106 cm³/mol. The van der Waals surface area contributed by atoms with Crippen LogP contribution in [0.15, 0.2) is 72.9 Å². The summed E-state index contributed by atoms with van der Waals surface area (Å²) in [6, 6.07) is 20.5. The molecule has 1 amide bonds. The Balaban J connectivity index is 1.45. The van der Waals surface area contributed by atoms with E-state index in [0.29, 0.717) is 6.54 Å². The van der Waals surface area contributed by atoms with Gasteiger partial charge in [-0.15, -0.1) is 0 Å². The third-order valence-electron chi connectivity index (χ3n) is 5.38. The zero-order chi connectivity index (χ0) is 17.8. The fraction of sp³-hybridized carbons (Fsp3) is 0.217. The molecule has 0 bridgehead atoms. The Morgan fingerprint density at radius 1 is 1.04 bits per heavy atom. The number of rotatable bonds is 5. The fourth-order valence-electron chi connectivity index (χ4n) is 3.71. The fourth-order valence-corrected chi connectivity index (χ4v) is 3.71. The van der Waals surface area contributed by atoms with Crippen LogP contribution in [0.3, 0.4) is 0 Å². The first kappa shape index (κ1) is 16.5. The molecule has 1 N–H and O–H groups in total. The van der Waals surface area contributed by atoms with Gasteiger partial charge in [-0.05, 0) is 30.5 Å². The third-order valence-corrected chi connectivity index (χ3v) is 5.38. The predicted octanol–water partition coefficient (Wildman–Crippen LogP) is 4.49. The van der Waals surface area contributed by atoms with Crippen LogP contribution in [0.4, 0.5) is 0 Å². The van der Waals surface area contributed by atoms with E-state index in [9.17, 15) is 4.79 Å². The summed E-state index contributed by atoms with van der Waals surface area (Å²) in [4.78, 5) is 16.8. The molecule has 1 fully saturated rings. The van der Waals surface area contributed by atoms with Crippen molar-refractivity contribution in [2.75, 3.05) is 6.54 Å². The quantitative estimate of drug-likeness (QED) is 0.694. The second kappa shape index (κ2) is 7.12. The van der Waals surface area contributed by atoms with E-state index in [4.69, 9.17) is 0 Å². The molecule has 0 saturated heterocycles. The van der Waals surface area contributed by atoms with Crippen LogP contribution in [-0.4, -0.2) is 17.4 Å². The van der Waals surface area contributed by atoms with E-state index < -0.39 is 0 Å². The van der Waals surface area contributed by atoms with E-state index in [1.165, 1.54) is 12.0 Å². The first-order valence-corrected chi connectivity index (χ1v) is 9.12. The lowest BCUT2D eigenvalue weighted by Gasteiger charge is -2.42. The molecule has 1 aliphatic rings. The summed E-state index contributed by atoms with van der Waals surface area (Å²) in [7, 11) is 0. The van der Waals surface area contributed by atoms with E-state index in [2.05, 4.69) is 34.6 Å². The van der Waals surface area contributed by atoms with Gasteiger partial charge in [0.25, 0.3) is 0 Å². The van der Waals surface area contributed by atoms with Crippen LogP contribution in [-0.2, 0) is 10.2 Å². The topological polar surface area (TPSA) is 42.0 Å². The third kappa shape index (κ3) is 3.25. The average molecular weight is 342 g/mol. The van der Waals surface area contributed by atoms with Crippen LogP contribution in [0, 0.1) is 0 Å². The molecule has 130 valence electrons. The minimum Gasteiger partial charge on any atom is -0.352 e. The monoisotopic (exact) mass is 342 g/mol. The maximum absolute atomic E-state index is 12.4. The van der Waals surface area contributed by atoms with Gasteiger partial charge in [0, 0.05) is 35.2 Å². The number of carbonyl (C=O) groups excluding carboxylic acids is 1. The zero-order valence-electron chi connectivity index (χ0n) is 14.7. The van der Waals surface area contributed by atoms with Crippen LogP contribution >= 0.6 is 0 Å². The Bertz CT molecular complexity index is 937. The molecule has 2 aromatic carbocycles. The van der Waals surface area contributed by atoms with Gasteiger partial charge in [-0.3, -0.25) is 9.78 Å². The molecule has 1 heterocycles. The first-order chi connectivity index (χ1) is 12.8. The molecule has 3 nitrogen and oxygen atoms in total. The largest absolute Gasteiger partial charge is 0.352 e. The summed E-state index contributed by atoms with van der Waals surface area (Å²) in [6.07, 6.45) is 8.73. The van der Waals surface area contributed by atoms with Crippen LogP contribution in [0.5, 0.6) is 0 Å². The number of pyridine rings is 1. The average Bonchev–Trinajstić information content (AvgIpc) is 2.66. The van der Waals surface area contributed by atoms with Crippen molar-refractivity contribution in [2.45, 2.75) is 24.7 Å². The van der Waals surface area contributed by atoms with Crippen molar-refractivity contribution in [1.29, 1.82) is 0 Å². The molecule has 0 spiro atoms. The lowest BCUT2D eigenvalue weighted by atomic mass is 9.64. The number of nitrogens with one attached hydrogen (secondary N) is 1. The lowest BCUT2D eigenvalue weighted by Crippen LogP contribution is -2.45. The molecule has 1 saturated carbocycles. The van der Waals surface area contributed by atoms with Gasteiger partial charge in [0.15, 0.2) is 0 Å². The van der Waals surface area contributed by atoms with E-state index in [-0.39, 0.29) is 11.3 Å². The summed E-state index contributed by atoms with van der Waals surface area (Å²) < 4.78 is 0. The Morgan fingerprint density at radius 2 is 1.85 bits per heavy atom. The molecule has 1 aliphatic carbocycles. The maximum Gasteiger partial charge on any atom is 0.244 e. The number of nitrogens with zero attached hydrogens (tertiary/aromatic N) is 1. The molecule has 0 aliphatic heterocycles. The zero-order valence-corrected chi connectivity index (χ0v) is 14.7. The van der Waals surface area contributed by atoms with Crippen LogP contribution in [0.1, 0.15) is 30.4 Å². The normalized spacial score (nSPS) is 15.7. The number of benzene rings is 2. The van der Waals surface area contributed by atoms with E-state index in [0.717, 1.165) is 29.3 Å². The Labute approximate surface area is 153 Å². The molecule has 1 aromatic heterocycles.